The highest BCUT2D eigenvalue weighted by Gasteiger charge is 2.24. The van der Waals surface area contributed by atoms with Crippen molar-refractivity contribution in [1.82, 2.24) is 5.32 Å². The van der Waals surface area contributed by atoms with E-state index in [1.165, 1.54) is 148 Å². The molecule has 3 atom stereocenters. The molecule has 0 aliphatic rings. The summed E-state index contributed by atoms with van der Waals surface area (Å²) < 4.78 is 23.3. The van der Waals surface area contributed by atoms with E-state index in [-0.39, 0.29) is 19.1 Å². The summed E-state index contributed by atoms with van der Waals surface area (Å²) in [5.41, 5.74) is 0. The number of hydrogen-bond donors (Lipinski definition) is 2. The summed E-state index contributed by atoms with van der Waals surface area (Å²) in [4.78, 5) is 25.4. The van der Waals surface area contributed by atoms with Gasteiger partial charge in [0.15, 0.2) is 0 Å². The Bertz CT molecular complexity index is 1030. The Kier molecular flexibility index (Phi) is 42.5. The smallest absolute Gasteiger partial charge is 0.268 e. The van der Waals surface area contributed by atoms with E-state index < -0.39 is 20.0 Å². The minimum absolute atomic E-state index is 0.0100. The van der Waals surface area contributed by atoms with Gasteiger partial charge < -0.3 is 28.8 Å². The van der Waals surface area contributed by atoms with Crippen molar-refractivity contribution < 1.29 is 32.9 Å². The number of likely N-dealkylation sites (N-methyl/N-ethyl adjacent to an activating group) is 1. The van der Waals surface area contributed by atoms with Crippen LogP contribution in [0.4, 0.5) is 0 Å². The Morgan fingerprint density at radius 1 is 0.583 bits per heavy atom. The van der Waals surface area contributed by atoms with Gasteiger partial charge in [-0.05, 0) is 38.5 Å². The van der Waals surface area contributed by atoms with Gasteiger partial charge in [-0.3, -0.25) is 9.36 Å². The van der Waals surface area contributed by atoms with Crippen LogP contribution in [0.5, 0.6) is 0 Å². The molecule has 0 fully saturated rings. The largest absolute Gasteiger partial charge is 0.756 e. The van der Waals surface area contributed by atoms with Crippen LogP contribution in [0.3, 0.4) is 0 Å². The second-order valence-electron chi connectivity index (χ2n) is 18.9. The van der Waals surface area contributed by atoms with Crippen LogP contribution >= 0.6 is 7.82 Å². The summed E-state index contributed by atoms with van der Waals surface area (Å²) in [5, 5.41) is 14.0. The zero-order chi connectivity index (χ0) is 44.3. The Hall–Kier alpha value is -1.02. The number of nitrogens with one attached hydrogen (secondary N) is 1. The first-order chi connectivity index (χ1) is 29.0. The molecule has 0 saturated carbocycles. The van der Waals surface area contributed by atoms with Gasteiger partial charge >= 0.3 is 0 Å². The third-order valence-corrected chi connectivity index (χ3v) is 12.6. The molecule has 0 radical (unpaired) electrons. The second kappa shape index (κ2) is 43.2. The number of nitrogens with zero attached hydrogens (tertiary/aromatic N) is 1. The first-order valence-electron chi connectivity index (χ1n) is 25.7. The quantitative estimate of drug-likeness (QED) is 0.0273. The highest BCUT2D eigenvalue weighted by molar-refractivity contribution is 7.45. The summed E-state index contributed by atoms with van der Waals surface area (Å²) in [7, 11) is 1.30. The van der Waals surface area contributed by atoms with Crippen molar-refractivity contribution in [2.75, 3.05) is 40.9 Å². The maximum absolute atomic E-state index is 12.9. The van der Waals surface area contributed by atoms with Crippen LogP contribution in [0.1, 0.15) is 245 Å². The fourth-order valence-electron chi connectivity index (χ4n) is 7.61. The zero-order valence-electron chi connectivity index (χ0n) is 40.4. The van der Waals surface area contributed by atoms with Gasteiger partial charge in [0.05, 0.1) is 39.9 Å². The Balaban J connectivity index is 4.16. The predicted octanol–water partition coefficient (Wildman–Crippen LogP) is 14.2. The van der Waals surface area contributed by atoms with E-state index in [1.54, 1.807) is 0 Å². The molecule has 0 rings (SSSR count). The molecule has 2 N–H and O–H groups in total. The molecule has 0 bridgehead atoms. The number of allylic oxidation sites excluding steroid dienone is 4. The number of rotatable bonds is 47. The lowest BCUT2D eigenvalue weighted by molar-refractivity contribution is -0.870. The normalized spacial score (nSPS) is 14.3. The van der Waals surface area contributed by atoms with Crippen LogP contribution in [-0.4, -0.2) is 68.5 Å². The van der Waals surface area contributed by atoms with Crippen molar-refractivity contribution in [1.29, 1.82) is 0 Å². The molecule has 0 saturated heterocycles. The van der Waals surface area contributed by atoms with Crippen LogP contribution in [0.2, 0.25) is 0 Å². The number of amides is 1. The first kappa shape index (κ1) is 59.0. The van der Waals surface area contributed by atoms with Gasteiger partial charge in [0, 0.05) is 6.42 Å². The number of aliphatic hydroxyl groups is 1. The van der Waals surface area contributed by atoms with Gasteiger partial charge in [0.2, 0.25) is 5.91 Å². The minimum atomic E-state index is -4.57. The fraction of sp³-hybridized carbons (Fsp3) is 0.902. The van der Waals surface area contributed by atoms with Crippen LogP contribution in [0, 0.1) is 0 Å². The van der Waals surface area contributed by atoms with E-state index in [2.05, 4.69) is 43.5 Å². The van der Waals surface area contributed by atoms with Gasteiger partial charge in [-0.1, -0.05) is 224 Å². The van der Waals surface area contributed by atoms with Crippen molar-refractivity contribution in [3.05, 3.63) is 24.3 Å². The second-order valence-corrected chi connectivity index (χ2v) is 20.3. The number of phosphoric ester groups is 1. The summed E-state index contributed by atoms with van der Waals surface area (Å²) >= 11 is 0. The monoisotopic (exact) mass is 869 g/mol. The molecule has 0 aliphatic heterocycles. The summed E-state index contributed by atoms with van der Waals surface area (Å²) in [6, 6.07) is -0.806. The van der Waals surface area contributed by atoms with E-state index in [9.17, 15) is 19.4 Å². The van der Waals surface area contributed by atoms with Crippen molar-refractivity contribution in [3.63, 3.8) is 0 Å². The van der Waals surface area contributed by atoms with Crippen LogP contribution in [-0.2, 0) is 18.4 Å². The standard InChI is InChI=1S/C51H101N2O6P/c1-6-8-10-12-14-16-18-20-21-22-23-24-25-26-27-28-29-30-31-33-34-36-38-40-42-44-50(54)49(48-59-60(56,57)58-47-46-53(3,4)5)52-51(55)45-43-41-39-37-35-32-19-17-15-13-11-9-7-2/h11,13,17,19,49-50,54H,6-10,12,14-16,18,20-48H2,1-5H3,(H-,52,55,56,57)/b13-11-,19-17-. The summed E-state index contributed by atoms with van der Waals surface area (Å²) in [5.74, 6) is -0.178. The maximum atomic E-state index is 12.9. The first-order valence-corrected chi connectivity index (χ1v) is 27.1. The molecule has 0 aromatic heterocycles. The summed E-state index contributed by atoms with van der Waals surface area (Å²) in [6.07, 6.45) is 52.0. The van der Waals surface area contributed by atoms with E-state index in [0.717, 1.165) is 70.6 Å². The number of carbonyl (C=O) groups is 1. The lowest BCUT2D eigenvalue weighted by Gasteiger charge is -2.30. The molecule has 356 valence electrons. The SMILES string of the molecule is CCC/C=C\C/C=C\CCCCCCCC(=O)NC(COP(=O)([O-])OCC[N+](C)(C)C)C(O)CCCCCCCCCCCCCCCCCCCCCCCCCCC. The number of hydrogen-bond acceptors (Lipinski definition) is 6. The molecule has 1 amide bonds. The number of phosphoric acid groups is 1. The van der Waals surface area contributed by atoms with Crippen molar-refractivity contribution >= 4 is 13.7 Å². The van der Waals surface area contributed by atoms with Gasteiger partial charge in [0.25, 0.3) is 7.82 Å². The third kappa shape index (κ3) is 45.0. The number of aliphatic hydroxyl groups excluding tert-OH is 1. The predicted molar refractivity (Wildman–Crippen MR) is 256 cm³/mol. The van der Waals surface area contributed by atoms with E-state index in [1.807, 2.05) is 21.1 Å². The van der Waals surface area contributed by atoms with Crippen LogP contribution < -0.4 is 10.2 Å². The number of carbonyl (C=O) groups excluding carboxylic acids is 1. The van der Waals surface area contributed by atoms with Gasteiger partial charge in [-0.15, -0.1) is 0 Å². The number of quaternary nitrogens is 1. The van der Waals surface area contributed by atoms with Crippen molar-refractivity contribution in [2.45, 2.75) is 257 Å². The van der Waals surface area contributed by atoms with Crippen molar-refractivity contribution in [2.24, 2.45) is 0 Å². The Morgan fingerprint density at radius 2 is 1.00 bits per heavy atom. The average molecular weight is 869 g/mol. The van der Waals surface area contributed by atoms with E-state index in [0.29, 0.717) is 23.9 Å². The van der Waals surface area contributed by atoms with Gasteiger partial charge in [0.1, 0.15) is 13.2 Å². The lowest BCUT2D eigenvalue weighted by atomic mass is 10.0. The molecular weight excluding hydrogens is 768 g/mol. The van der Waals surface area contributed by atoms with Gasteiger partial charge in [-0.25, -0.2) is 0 Å². The fourth-order valence-corrected chi connectivity index (χ4v) is 8.33. The van der Waals surface area contributed by atoms with Crippen LogP contribution in [0.15, 0.2) is 24.3 Å². The highest BCUT2D eigenvalue weighted by atomic mass is 31.2. The van der Waals surface area contributed by atoms with Gasteiger partial charge in [-0.2, -0.15) is 0 Å². The van der Waals surface area contributed by atoms with E-state index in [4.69, 9.17) is 9.05 Å². The minimum Gasteiger partial charge on any atom is -0.756 e. The Labute approximate surface area is 373 Å². The molecule has 9 heteroatoms. The van der Waals surface area contributed by atoms with Crippen LogP contribution in [0.25, 0.3) is 0 Å². The summed E-state index contributed by atoms with van der Waals surface area (Å²) in [6.45, 7) is 4.66. The molecule has 0 spiro atoms. The third-order valence-electron chi connectivity index (χ3n) is 11.7. The molecule has 0 aliphatic carbocycles. The molecule has 3 unspecified atom stereocenters. The zero-order valence-corrected chi connectivity index (χ0v) is 41.3. The average Bonchev–Trinajstić information content (AvgIpc) is 3.20. The highest BCUT2D eigenvalue weighted by Crippen LogP contribution is 2.38. The molecule has 8 nitrogen and oxygen atoms in total. The lowest BCUT2D eigenvalue weighted by Crippen LogP contribution is -2.46. The Morgan fingerprint density at radius 3 is 1.45 bits per heavy atom. The molecular formula is C51H101N2O6P. The molecule has 0 heterocycles. The van der Waals surface area contributed by atoms with E-state index >= 15 is 0 Å². The maximum Gasteiger partial charge on any atom is 0.268 e. The molecule has 60 heavy (non-hydrogen) atoms. The number of unbranched alkanes of at least 4 members (excludes halogenated alkanes) is 30. The van der Waals surface area contributed by atoms with Crippen molar-refractivity contribution in [3.8, 4) is 0 Å². The molecule has 0 aromatic rings. The molecule has 0 aromatic carbocycles. The topological polar surface area (TPSA) is 108 Å².